The molecule has 0 amide bonds. The number of benzene rings is 2. The molecule has 0 aliphatic heterocycles. The van der Waals surface area contributed by atoms with Crippen LogP contribution < -0.4 is 0 Å². The summed E-state index contributed by atoms with van der Waals surface area (Å²) in [5.41, 5.74) is 3.45. The van der Waals surface area contributed by atoms with Crippen LogP contribution in [0.1, 0.15) is 293 Å². The van der Waals surface area contributed by atoms with Crippen LogP contribution in [0, 0.1) is 11.8 Å². The summed E-state index contributed by atoms with van der Waals surface area (Å²) in [4.78, 5) is 54.1. The van der Waals surface area contributed by atoms with Crippen LogP contribution in [0.4, 0.5) is 0 Å². The van der Waals surface area contributed by atoms with Crippen molar-refractivity contribution in [2.24, 2.45) is 11.8 Å². The van der Waals surface area contributed by atoms with Crippen LogP contribution in [0.2, 0.25) is 0 Å². The Morgan fingerprint density at radius 2 is 0.529 bits per heavy atom. The van der Waals surface area contributed by atoms with Crippen LogP contribution in [0.5, 0.6) is 0 Å². The third kappa shape index (κ3) is 19.3. The minimum atomic E-state index is -0.988. The molecule has 8 nitrogen and oxygen atoms in total. The second-order valence-corrected chi connectivity index (χ2v) is 20.6. The Morgan fingerprint density at radius 3 is 0.765 bits per heavy atom. The Morgan fingerprint density at radius 1 is 0.309 bits per heavy atom. The summed E-state index contributed by atoms with van der Waals surface area (Å²) in [6, 6.07) is 7.39. The Labute approximate surface area is 412 Å². The van der Waals surface area contributed by atoms with Crippen molar-refractivity contribution in [2.75, 3.05) is 0 Å². The van der Waals surface area contributed by atoms with E-state index in [1.54, 1.807) is 0 Å². The molecule has 1 aliphatic rings. The van der Waals surface area contributed by atoms with E-state index in [2.05, 4.69) is 27.7 Å². The van der Waals surface area contributed by atoms with E-state index in [1.807, 2.05) is 24.3 Å². The molecule has 2 aromatic carbocycles. The van der Waals surface area contributed by atoms with Gasteiger partial charge < -0.3 is 20.4 Å². The molecular formula is C60H96O8. The summed E-state index contributed by atoms with van der Waals surface area (Å²) >= 11 is 0. The van der Waals surface area contributed by atoms with E-state index >= 15 is 0 Å². The normalized spacial score (nSPS) is 14.1. The molecule has 0 fully saturated rings. The number of unbranched alkanes of at least 4 members (excludes halogenated alkanes) is 28. The lowest BCUT2D eigenvalue weighted by Gasteiger charge is -2.23. The van der Waals surface area contributed by atoms with Crippen molar-refractivity contribution in [1.82, 2.24) is 0 Å². The molecule has 0 spiro atoms. The van der Waals surface area contributed by atoms with E-state index in [-0.39, 0.29) is 0 Å². The molecule has 68 heavy (non-hydrogen) atoms. The van der Waals surface area contributed by atoms with Crippen molar-refractivity contribution < 1.29 is 39.6 Å². The lowest BCUT2D eigenvalue weighted by Crippen LogP contribution is -2.21. The highest BCUT2D eigenvalue weighted by molar-refractivity contribution is 6.20. The maximum atomic E-state index is 13.6. The summed E-state index contributed by atoms with van der Waals surface area (Å²) < 4.78 is 0. The number of carboxylic acid groups (broad SMARTS) is 4. The van der Waals surface area contributed by atoms with Crippen LogP contribution >= 0.6 is 0 Å². The molecule has 8 heteroatoms. The van der Waals surface area contributed by atoms with Gasteiger partial charge in [0.1, 0.15) is 0 Å². The predicted octanol–water partition coefficient (Wildman–Crippen LogP) is 17.9. The maximum absolute atomic E-state index is 13.6. The van der Waals surface area contributed by atoms with Gasteiger partial charge in [-0.05, 0) is 69.9 Å². The fourth-order valence-corrected chi connectivity index (χ4v) is 11.2. The summed E-state index contributed by atoms with van der Waals surface area (Å²) in [6.45, 7) is 8.81. The molecule has 0 bridgehead atoms. The van der Waals surface area contributed by atoms with Crippen LogP contribution in [0.15, 0.2) is 24.3 Å². The van der Waals surface area contributed by atoms with Gasteiger partial charge in [0, 0.05) is 0 Å². The Hall–Kier alpha value is -3.68. The van der Waals surface area contributed by atoms with Gasteiger partial charge in [-0.3, -0.25) is 19.2 Å². The Bertz CT molecular complexity index is 1690. The van der Waals surface area contributed by atoms with Gasteiger partial charge in [0.25, 0.3) is 0 Å². The minimum absolute atomic E-state index is 0.365. The third-order valence-corrected chi connectivity index (χ3v) is 15.1. The second kappa shape index (κ2) is 34.6. The monoisotopic (exact) mass is 945 g/mol. The van der Waals surface area contributed by atoms with Crippen molar-refractivity contribution in [3.8, 4) is 0 Å². The maximum Gasteiger partial charge on any atom is 0.311 e. The van der Waals surface area contributed by atoms with Gasteiger partial charge in [0.05, 0.1) is 23.7 Å². The van der Waals surface area contributed by atoms with Crippen LogP contribution in [-0.4, -0.2) is 44.3 Å². The molecular weight excluding hydrogens is 849 g/mol. The Kier molecular flexibility index (Phi) is 29.8. The van der Waals surface area contributed by atoms with E-state index in [0.717, 1.165) is 89.9 Å². The zero-order valence-corrected chi connectivity index (χ0v) is 43.5. The van der Waals surface area contributed by atoms with Crippen molar-refractivity contribution in [2.45, 2.75) is 271 Å². The number of hydrogen-bond donors (Lipinski definition) is 4. The molecule has 384 valence electrons. The van der Waals surface area contributed by atoms with Crippen molar-refractivity contribution in [3.05, 3.63) is 46.5 Å². The molecule has 0 saturated carbocycles. The quantitative estimate of drug-likeness (QED) is 0.0480. The minimum Gasteiger partial charge on any atom is -0.481 e. The second-order valence-electron chi connectivity index (χ2n) is 20.6. The molecule has 4 N–H and O–H groups in total. The van der Waals surface area contributed by atoms with E-state index in [1.165, 1.54) is 103 Å². The van der Waals surface area contributed by atoms with Gasteiger partial charge >= 0.3 is 23.9 Å². The highest BCUT2D eigenvalue weighted by Gasteiger charge is 2.40. The van der Waals surface area contributed by atoms with Gasteiger partial charge in [-0.15, -0.1) is 0 Å². The van der Waals surface area contributed by atoms with Gasteiger partial charge in [0.2, 0.25) is 0 Å². The zero-order valence-electron chi connectivity index (χ0n) is 43.5. The highest BCUT2D eigenvalue weighted by atomic mass is 16.4. The first-order valence-electron chi connectivity index (χ1n) is 28.3. The molecule has 2 aromatic rings. The lowest BCUT2D eigenvalue weighted by molar-refractivity contribution is -0.141. The van der Waals surface area contributed by atoms with Gasteiger partial charge in [-0.2, -0.15) is 0 Å². The van der Waals surface area contributed by atoms with Crippen molar-refractivity contribution >= 4 is 45.8 Å². The predicted molar refractivity (Wildman–Crippen MR) is 283 cm³/mol. The molecule has 4 unspecified atom stereocenters. The summed E-state index contributed by atoms with van der Waals surface area (Å²) in [5, 5.41) is 45.5. The summed E-state index contributed by atoms with van der Waals surface area (Å²) in [5.74, 6) is -7.62. The molecule has 4 atom stereocenters. The van der Waals surface area contributed by atoms with Crippen LogP contribution in [-0.2, 0) is 19.2 Å². The third-order valence-electron chi connectivity index (χ3n) is 15.1. The average Bonchev–Trinajstić information content (AvgIpc) is 3.63. The van der Waals surface area contributed by atoms with E-state index < -0.39 is 47.5 Å². The molecule has 0 aromatic heterocycles. The first-order chi connectivity index (χ1) is 33.0. The fourth-order valence-electron chi connectivity index (χ4n) is 11.2. The van der Waals surface area contributed by atoms with Crippen molar-refractivity contribution in [3.63, 3.8) is 0 Å². The molecule has 0 radical (unpaired) electrons. The van der Waals surface area contributed by atoms with E-state index in [4.69, 9.17) is 0 Å². The number of carboxylic acids is 4. The number of rotatable bonds is 44. The lowest BCUT2D eigenvalue weighted by atomic mass is 9.80. The van der Waals surface area contributed by atoms with Crippen LogP contribution in [0.25, 0.3) is 21.9 Å². The number of hydrogen-bond acceptors (Lipinski definition) is 4. The van der Waals surface area contributed by atoms with Gasteiger partial charge in [-0.25, -0.2) is 0 Å². The Balaban J connectivity index is 2.19. The molecule has 0 heterocycles. The largest absolute Gasteiger partial charge is 0.481 e. The number of carbonyl (C=O) groups is 4. The summed E-state index contributed by atoms with van der Waals surface area (Å²) in [7, 11) is 0. The fraction of sp³-hybridized carbons (Fsp3) is 0.733. The molecule has 1 aliphatic carbocycles. The molecule has 3 rings (SSSR count). The smallest absolute Gasteiger partial charge is 0.311 e. The zero-order chi connectivity index (χ0) is 49.5. The van der Waals surface area contributed by atoms with E-state index in [0.29, 0.717) is 82.7 Å². The van der Waals surface area contributed by atoms with Crippen LogP contribution in [0.3, 0.4) is 0 Å². The van der Waals surface area contributed by atoms with Crippen molar-refractivity contribution in [1.29, 1.82) is 0 Å². The summed E-state index contributed by atoms with van der Waals surface area (Å²) in [6.07, 6.45) is 35.6. The van der Waals surface area contributed by atoms with Gasteiger partial charge in [-0.1, -0.05) is 257 Å². The topological polar surface area (TPSA) is 149 Å². The first kappa shape index (κ1) is 58.6. The number of aliphatic carboxylic acids is 4. The standard InChI is InChI=1S/C60H96O8/c1-5-9-13-17-21-25-29-33-37-47(57(61)62)45-41-43-49-54-50(44-42-46(53(45)54)48(58(63)64)38-34-30-26-22-18-14-10-6-2)56(52(60(67)68)40-36-32-28-24-20-16-12-8-4)55(49)51(59(65)66)39-35-31-27-23-19-15-11-7-3/h41-44,47-48,51-52H,5-40H2,1-4H3,(H,61,62)(H,63,64)(H,65,66)(H,67,68). The SMILES string of the molecule is CCCCCCCCCCC(C(=O)O)C1=C(C(CCCCCCCCCC)C(=O)O)c2ccc(C(CCCCCCCCCC)C(=O)O)c3c(C(CCCCCCCCCC)C(=O)O)ccc1c23. The average molecular weight is 945 g/mol. The van der Waals surface area contributed by atoms with Gasteiger partial charge in [0.15, 0.2) is 0 Å². The molecule has 0 saturated heterocycles. The van der Waals surface area contributed by atoms with E-state index in [9.17, 15) is 39.6 Å². The highest BCUT2D eigenvalue weighted by Crippen LogP contribution is 2.53. The first-order valence-corrected chi connectivity index (χ1v) is 28.3.